The SMILES string of the molecule is COCc1noc(C(C)C)n1. The Morgan fingerprint density at radius 2 is 2.27 bits per heavy atom. The molecule has 0 saturated heterocycles. The van der Waals surface area contributed by atoms with E-state index in [1.54, 1.807) is 7.11 Å². The van der Waals surface area contributed by atoms with Crippen LogP contribution in [0.4, 0.5) is 0 Å². The van der Waals surface area contributed by atoms with Gasteiger partial charge in [-0.25, -0.2) is 0 Å². The van der Waals surface area contributed by atoms with Crippen LogP contribution in [0.25, 0.3) is 0 Å². The minimum Gasteiger partial charge on any atom is -0.377 e. The third-order valence-electron chi connectivity index (χ3n) is 1.25. The highest BCUT2D eigenvalue weighted by molar-refractivity contribution is 4.88. The molecule has 0 aliphatic rings. The summed E-state index contributed by atoms with van der Waals surface area (Å²) >= 11 is 0. The van der Waals surface area contributed by atoms with E-state index in [1.165, 1.54) is 0 Å². The van der Waals surface area contributed by atoms with E-state index >= 15 is 0 Å². The van der Waals surface area contributed by atoms with Gasteiger partial charge in [0.15, 0.2) is 5.82 Å². The fraction of sp³-hybridized carbons (Fsp3) is 0.714. The van der Waals surface area contributed by atoms with E-state index in [4.69, 9.17) is 9.26 Å². The van der Waals surface area contributed by atoms with Crippen molar-refractivity contribution in [1.82, 2.24) is 10.1 Å². The van der Waals surface area contributed by atoms with E-state index in [1.807, 2.05) is 13.8 Å². The van der Waals surface area contributed by atoms with Gasteiger partial charge in [0.1, 0.15) is 6.61 Å². The molecule has 0 atom stereocenters. The highest BCUT2D eigenvalue weighted by Gasteiger charge is 2.08. The van der Waals surface area contributed by atoms with Crippen molar-refractivity contribution in [3.8, 4) is 0 Å². The van der Waals surface area contributed by atoms with Crippen LogP contribution >= 0.6 is 0 Å². The largest absolute Gasteiger partial charge is 0.377 e. The van der Waals surface area contributed by atoms with Crippen LogP contribution in [0.1, 0.15) is 31.5 Å². The molecule has 4 heteroatoms. The Bertz CT molecular complexity index is 220. The third-order valence-corrected chi connectivity index (χ3v) is 1.25. The van der Waals surface area contributed by atoms with Crippen LogP contribution < -0.4 is 0 Å². The molecule has 1 rings (SSSR count). The summed E-state index contributed by atoms with van der Waals surface area (Å²) in [5, 5.41) is 3.72. The topological polar surface area (TPSA) is 48.2 Å². The van der Waals surface area contributed by atoms with Crippen molar-refractivity contribution in [3.05, 3.63) is 11.7 Å². The lowest BCUT2D eigenvalue weighted by atomic mass is 10.2. The molecular formula is C7H12N2O2. The molecule has 0 saturated carbocycles. The van der Waals surface area contributed by atoms with Crippen LogP contribution in [0.3, 0.4) is 0 Å². The first-order valence-electron chi connectivity index (χ1n) is 3.55. The van der Waals surface area contributed by atoms with Crippen LogP contribution in [0, 0.1) is 0 Å². The van der Waals surface area contributed by atoms with Gasteiger partial charge in [0, 0.05) is 13.0 Å². The van der Waals surface area contributed by atoms with Crippen molar-refractivity contribution in [3.63, 3.8) is 0 Å². The minimum absolute atomic E-state index is 0.285. The molecule has 0 spiro atoms. The average Bonchev–Trinajstić information content (AvgIpc) is 2.37. The molecule has 62 valence electrons. The van der Waals surface area contributed by atoms with Crippen LogP contribution in [-0.4, -0.2) is 17.3 Å². The molecule has 0 amide bonds. The molecule has 0 radical (unpaired) electrons. The van der Waals surface area contributed by atoms with Crippen molar-refractivity contribution in [2.45, 2.75) is 26.4 Å². The summed E-state index contributed by atoms with van der Waals surface area (Å²) in [4.78, 5) is 4.10. The monoisotopic (exact) mass is 156 g/mol. The van der Waals surface area contributed by atoms with E-state index in [0.717, 1.165) is 0 Å². The summed E-state index contributed by atoms with van der Waals surface area (Å²) in [6.07, 6.45) is 0. The molecule has 0 bridgehead atoms. The maximum Gasteiger partial charge on any atom is 0.229 e. The van der Waals surface area contributed by atoms with Gasteiger partial charge in [0.25, 0.3) is 0 Å². The summed E-state index contributed by atoms with van der Waals surface area (Å²) in [7, 11) is 1.60. The highest BCUT2D eigenvalue weighted by atomic mass is 16.5. The molecule has 0 aliphatic carbocycles. The number of methoxy groups -OCH3 is 1. The van der Waals surface area contributed by atoms with Crippen molar-refractivity contribution >= 4 is 0 Å². The molecule has 0 aliphatic heterocycles. The van der Waals surface area contributed by atoms with E-state index in [-0.39, 0.29) is 5.92 Å². The van der Waals surface area contributed by atoms with Crippen LogP contribution in [0.15, 0.2) is 4.52 Å². The third kappa shape index (κ3) is 2.01. The highest BCUT2D eigenvalue weighted by Crippen LogP contribution is 2.10. The lowest BCUT2D eigenvalue weighted by Crippen LogP contribution is -1.91. The molecule has 0 unspecified atom stereocenters. The second-order valence-electron chi connectivity index (χ2n) is 2.64. The number of nitrogens with zero attached hydrogens (tertiary/aromatic N) is 2. The van der Waals surface area contributed by atoms with Gasteiger partial charge in [-0.1, -0.05) is 19.0 Å². The van der Waals surface area contributed by atoms with Gasteiger partial charge < -0.3 is 9.26 Å². The van der Waals surface area contributed by atoms with Gasteiger partial charge in [-0.3, -0.25) is 0 Å². The summed E-state index contributed by atoms with van der Waals surface area (Å²) in [6, 6.07) is 0. The first kappa shape index (κ1) is 8.20. The Morgan fingerprint density at radius 1 is 1.55 bits per heavy atom. The number of rotatable bonds is 3. The zero-order valence-electron chi connectivity index (χ0n) is 7.00. The predicted octanol–water partition coefficient (Wildman–Crippen LogP) is 1.34. The van der Waals surface area contributed by atoms with Crippen molar-refractivity contribution in [2.75, 3.05) is 7.11 Å². The summed E-state index contributed by atoms with van der Waals surface area (Å²) in [5.74, 6) is 1.56. The summed E-state index contributed by atoms with van der Waals surface area (Å²) in [6.45, 7) is 4.42. The normalized spacial score (nSPS) is 10.9. The quantitative estimate of drug-likeness (QED) is 0.662. The zero-order chi connectivity index (χ0) is 8.27. The molecule has 1 aromatic heterocycles. The number of aromatic nitrogens is 2. The van der Waals surface area contributed by atoms with E-state index < -0.39 is 0 Å². The van der Waals surface area contributed by atoms with E-state index in [9.17, 15) is 0 Å². The Labute approximate surface area is 65.6 Å². The van der Waals surface area contributed by atoms with Crippen LogP contribution in [-0.2, 0) is 11.3 Å². The maximum atomic E-state index is 4.94. The Hall–Kier alpha value is -0.900. The first-order chi connectivity index (χ1) is 5.24. The van der Waals surface area contributed by atoms with Crippen molar-refractivity contribution in [1.29, 1.82) is 0 Å². The summed E-state index contributed by atoms with van der Waals surface area (Å²) < 4.78 is 9.77. The second kappa shape index (κ2) is 3.48. The number of hydrogen-bond donors (Lipinski definition) is 0. The minimum atomic E-state index is 0.285. The molecule has 0 fully saturated rings. The molecule has 0 N–H and O–H groups in total. The smallest absolute Gasteiger partial charge is 0.229 e. The van der Waals surface area contributed by atoms with E-state index in [0.29, 0.717) is 18.3 Å². The molecule has 1 aromatic rings. The molecular weight excluding hydrogens is 144 g/mol. The van der Waals surface area contributed by atoms with Crippen LogP contribution in [0.5, 0.6) is 0 Å². The van der Waals surface area contributed by atoms with Crippen molar-refractivity contribution in [2.24, 2.45) is 0 Å². The average molecular weight is 156 g/mol. The van der Waals surface area contributed by atoms with Gasteiger partial charge in [-0.15, -0.1) is 0 Å². The van der Waals surface area contributed by atoms with Gasteiger partial charge in [-0.2, -0.15) is 4.98 Å². The molecule has 11 heavy (non-hydrogen) atoms. The van der Waals surface area contributed by atoms with Gasteiger partial charge in [0.2, 0.25) is 5.89 Å². The predicted molar refractivity (Wildman–Crippen MR) is 39.1 cm³/mol. The zero-order valence-corrected chi connectivity index (χ0v) is 7.00. The second-order valence-corrected chi connectivity index (χ2v) is 2.64. The first-order valence-corrected chi connectivity index (χ1v) is 3.55. The Kier molecular flexibility index (Phi) is 2.59. The number of ether oxygens (including phenoxy) is 1. The van der Waals surface area contributed by atoms with Crippen molar-refractivity contribution < 1.29 is 9.26 Å². The van der Waals surface area contributed by atoms with Gasteiger partial charge >= 0.3 is 0 Å². The fourth-order valence-corrected chi connectivity index (χ4v) is 0.690. The van der Waals surface area contributed by atoms with Gasteiger partial charge in [0.05, 0.1) is 0 Å². The maximum absolute atomic E-state index is 4.94. The lowest BCUT2D eigenvalue weighted by molar-refractivity contribution is 0.174. The lowest BCUT2D eigenvalue weighted by Gasteiger charge is -1.92. The van der Waals surface area contributed by atoms with Gasteiger partial charge in [-0.05, 0) is 0 Å². The van der Waals surface area contributed by atoms with Crippen LogP contribution in [0.2, 0.25) is 0 Å². The standard InChI is InChI=1S/C7H12N2O2/c1-5(2)7-8-6(4-10-3)9-11-7/h5H,4H2,1-3H3. The Morgan fingerprint density at radius 3 is 2.73 bits per heavy atom. The Balaban J connectivity index is 2.66. The molecule has 0 aromatic carbocycles. The number of hydrogen-bond acceptors (Lipinski definition) is 4. The molecule has 1 heterocycles. The fourth-order valence-electron chi connectivity index (χ4n) is 0.690. The van der Waals surface area contributed by atoms with E-state index in [2.05, 4.69) is 10.1 Å². The molecule has 4 nitrogen and oxygen atoms in total. The summed E-state index contributed by atoms with van der Waals surface area (Å²) in [5.41, 5.74) is 0.